The fourth-order valence-electron chi connectivity index (χ4n) is 2.11. The van der Waals surface area contributed by atoms with Crippen LogP contribution < -0.4 is 0 Å². The first-order chi connectivity index (χ1) is 5.40. The molecule has 0 aromatic carbocycles. The largest absolute Gasteiger partial charge is 0.395 e. The van der Waals surface area contributed by atoms with Crippen molar-refractivity contribution in [2.45, 2.75) is 0 Å². The van der Waals surface area contributed by atoms with E-state index in [-0.39, 0.29) is 0 Å². The summed E-state index contributed by atoms with van der Waals surface area (Å²) in [7, 11) is 0. The van der Waals surface area contributed by atoms with Crippen molar-refractivity contribution in [1.82, 2.24) is 4.90 Å². The zero-order chi connectivity index (χ0) is 7.68. The van der Waals surface area contributed by atoms with Crippen molar-refractivity contribution >= 4 is 0 Å². The predicted octanol–water partition coefficient (Wildman–Crippen LogP) is -0.443. The van der Waals surface area contributed by atoms with Gasteiger partial charge in [0.25, 0.3) is 0 Å². The average molecular weight is 157 g/mol. The molecule has 11 heavy (non-hydrogen) atoms. The number of rotatable bonds is 2. The number of nitrogens with zero attached hydrogens (tertiary/aromatic N) is 1. The van der Waals surface area contributed by atoms with Gasteiger partial charge in [-0.2, -0.15) is 0 Å². The van der Waals surface area contributed by atoms with Gasteiger partial charge in [0.2, 0.25) is 0 Å². The van der Waals surface area contributed by atoms with E-state index >= 15 is 0 Å². The first kappa shape index (κ1) is 7.53. The highest BCUT2D eigenvalue weighted by Gasteiger charge is 2.36. The second kappa shape index (κ2) is 3.09. The normalized spacial score (nSPS) is 37.9. The second-order valence-electron chi connectivity index (χ2n) is 3.54. The molecule has 2 fully saturated rings. The van der Waals surface area contributed by atoms with Gasteiger partial charge in [-0.3, -0.25) is 0 Å². The number of β-amino-alcohol motifs (C(OH)–C–C–N with tert-alkyl or cyclic N) is 1. The van der Waals surface area contributed by atoms with Crippen molar-refractivity contribution in [3.05, 3.63) is 0 Å². The molecule has 3 heteroatoms. The van der Waals surface area contributed by atoms with Gasteiger partial charge in [0.1, 0.15) is 0 Å². The molecule has 0 aromatic heterocycles. The third-order valence-corrected chi connectivity index (χ3v) is 2.73. The standard InChI is InChI=1S/C8H15NO2/c10-2-1-9-3-7-5-11-6-8(7)4-9/h7-8,10H,1-6H2/t7-,8-/m1/s1. The lowest BCUT2D eigenvalue weighted by Crippen LogP contribution is -2.25. The Kier molecular flexibility index (Phi) is 2.11. The van der Waals surface area contributed by atoms with Crippen molar-refractivity contribution < 1.29 is 9.84 Å². The molecule has 0 unspecified atom stereocenters. The first-order valence-electron chi connectivity index (χ1n) is 4.31. The van der Waals surface area contributed by atoms with E-state index in [0.717, 1.165) is 44.7 Å². The van der Waals surface area contributed by atoms with Gasteiger partial charge in [0.05, 0.1) is 19.8 Å². The minimum absolute atomic E-state index is 0.292. The Morgan fingerprint density at radius 3 is 2.45 bits per heavy atom. The Labute approximate surface area is 66.9 Å². The molecular weight excluding hydrogens is 142 g/mol. The number of hydrogen-bond donors (Lipinski definition) is 1. The molecule has 1 N–H and O–H groups in total. The third kappa shape index (κ3) is 1.41. The molecule has 2 aliphatic heterocycles. The van der Waals surface area contributed by atoms with Crippen LogP contribution in [0.2, 0.25) is 0 Å². The molecule has 0 bridgehead atoms. The maximum atomic E-state index is 8.72. The smallest absolute Gasteiger partial charge is 0.0558 e. The van der Waals surface area contributed by atoms with Gasteiger partial charge in [-0.15, -0.1) is 0 Å². The Bertz CT molecular complexity index is 128. The predicted molar refractivity (Wildman–Crippen MR) is 41.3 cm³/mol. The highest BCUT2D eigenvalue weighted by molar-refractivity contribution is 4.86. The van der Waals surface area contributed by atoms with Crippen molar-refractivity contribution in [1.29, 1.82) is 0 Å². The van der Waals surface area contributed by atoms with Crippen LogP contribution in [0.4, 0.5) is 0 Å². The molecular formula is C8H15NO2. The molecule has 0 radical (unpaired) electrons. The summed E-state index contributed by atoms with van der Waals surface area (Å²) in [5.74, 6) is 1.50. The Balaban J connectivity index is 1.84. The highest BCUT2D eigenvalue weighted by atomic mass is 16.5. The van der Waals surface area contributed by atoms with Crippen LogP contribution >= 0.6 is 0 Å². The molecule has 2 heterocycles. The van der Waals surface area contributed by atoms with Gasteiger partial charge < -0.3 is 14.7 Å². The van der Waals surface area contributed by atoms with Crippen molar-refractivity contribution in [3.63, 3.8) is 0 Å². The van der Waals surface area contributed by atoms with Gasteiger partial charge in [-0.05, 0) is 0 Å². The number of ether oxygens (including phenoxy) is 1. The summed E-state index contributed by atoms with van der Waals surface area (Å²) in [6.45, 7) is 5.27. The number of hydrogen-bond acceptors (Lipinski definition) is 3. The van der Waals surface area contributed by atoms with Crippen LogP contribution in [-0.4, -0.2) is 49.5 Å². The van der Waals surface area contributed by atoms with Crippen LogP contribution in [0.1, 0.15) is 0 Å². The fourth-order valence-corrected chi connectivity index (χ4v) is 2.11. The minimum Gasteiger partial charge on any atom is -0.395 e. The van der Waals surface area contributed by atoms with Gasteiger partial charge in [-0.25, -0.2) is 0 Å². The van der Waals surface area contributed by atoms with Crippen molar-refractivity contribution in [2.75, 3.05) is 39.5 Å². The van der Waals surface area contributed by atoms with Gasteiger partial charge in [0, 0.05) is 31.5 Å². The van der Waals surface area contributed by atoms with Gasteiger partial charge >= 0.3 is 0 Å². The number of aliphatic hydroxyl groups is 1. The van der Waals surface area contributed by atoms with Crippen LogP contribution in [0.15, 0.2) is 0 Å². The SMILES string of the molecule is OCCN1C[C@@H]2COC[C@H]2C1. The third-order valence-electron chi connectivity index (χ3n) is 2.73. The molecule has 0 amide bonds. The molecule has 64 valence electrons. The maximum absolute atomic E-state index is 8.72. The van der Waals surface area contributed by atoms with Gasteiger partial charge in [0.15, 0.2) is 0 Å². The van der Waals surface area contributed by atoms with E-state index in [9.17, 15) is 0 Å². The van der Waals surface area contributed by atoms with E-state index in [1.165, 1.54) is 0 Å². The summed E-state index contributed by atoms with van der Waals surface area (Å²) in [6.07, 6.45) is 0. The molecule has 0 aliphatic carbocycles. The molecule has 3 nitrogen and oxygen atoms in total. The maximum Gasteiger partial charge on any atom is 0.0558 e. The molecule has 2 atom stereocenters. The first-order valence-corrected chi connectivity index (χ1v) is 4.31. The summed E-state index contributed by atoms with van der Waals surface area (Å²) in [4.78, 5) is 2.33. The lowest BCUT2D eigenvalue weighted by Gasteiger charge is -2.14. The Morgan fingerprint density at radius 1 is 1.27 bits per heavy atom. The molecule has 2 rings (SSSR count). The molecule has 0 saturated carbocycles. The fraction of sp³-hybridized carbons (Fsp3) is 1.00. The Hall–Kier alpha value is -0.120. The Morgan fingerprint density at radius 2 is 1.91 bits per heavy atom. The van der Waals surface area contributed by atoms with Crippen LogP contribution in [0, 0.1) is 11.8 Å². The van der Waals surface area contributed by atoms with Crippen molar-refractivity contribution in [2.24, 2.45) is 11.8 Å². The summed E-state index contributed by atoms with van der Waals surface area (Å²) in [6, 6.07) is 0. The van der Waals surface area contributed by atoms with E-state index in [1.807, 2.05) is 0 Å². The lowest BCUT2D eigenvalue weighted by atomic mass is 10.0. The van der Waals surface area contributed by atoms with E-state index in [0.29, 0.717) is 6.61 Å². The van der Waals surface area contributed by atoms with Crippen LogP contribution in [0.25, 0.3) is 0 Å². The van der Waals surface area contributed by atoms with Gasteiger partial charge in [-0.1, -0.05) is 0 Å². The molecule has 2 saturated heterocycles. The molecule has 0 aromatic rings. The topological polar surface area (TPSA) is 32.7 Å². The minimum atomic E-state index is 0.292. The highest BCUT2D eigenvalue weighted by Crippen LogP contribution is 2.28. The summed E-state index contributed by atoms with van der Waals surface area (Å²) in [5, 5.41) is 8.72. The summed E-state index contributed by atoms with van der Waals surface area (Å²) < 4.78 is 5.35. The second-order valence-corrected chi connectivity index (χ2v) is 3.54. The number of aliphatic hydroxyl groups excluding tert-OH is 1. The number of fused-ring (bicyclic) bond motifs is 1. The quantitative estimate of drug-likeness (QED) is 0.589. The van der Waals surface area contributed by atoms with E-state index in [2.05, 4.69) is 4.90 Å². The van der Waals surface area contributed by atoms with Crippen LogP contribution in [0.5, 0.6) is 0 Å². The van der Waals surface area contributed by atoms with E-state index in [4.69, 9.17) is 9.84 Å². The zero-order valence-electron chi connectivity index (χ0n) is 6.70. The van der Waals surface area contributed by atoms with E-state index in [1.54, 1.807) is 0 Å². The zero-order valence-corrected chi connectivity index (χ0v) is 6.70. The summed E-state index contributed by atoms with van der Waals surface area (Å²) in [5.41, 5.74) is 0. The summed E-state index contributed by atoms with van der Waals surface area (Å²) >= 11 is 0. The number of likely N-dealkylation sites (tertiary alicyclic amines) is 1. The van der Waals surface area contributed by atoms with Crippen LogP contribution in [0.3, 0.4) is 0 Å². The van der Waals surface area contributed by atoms with Crippen molar-refractivity contribution in [3.8, 4) is 0 Å². The lowest BCUT2D eigenvalue weighted by molar-refractivity contribution is 0.145. The van der Waals surface area contributed by atoms with Crippen LogP contribution in [-0.2, 0) is 4.74 Å². The monoisotopic (exact) mass is 157 g/mol. The molecule has 0 spiro atoms. The average Bonchev–Trinajstić information content (AvgIpc) is 2.46. The molecule has 2 aliphatic rings. The van der Waals surface area contributed by atoms with E-state index < -0.39 is 0 Å².